The maximum absolute atomic E-state index is 12.2. The van der Waals surface area contributed by atoms with Crippen LogP contribution in [0.15, 0.2) is 0 Å². The number of carbonyl (C=O) groups excluding carboxylic acids is 2. The molecule has 0 radical (unpaired) electrons. The van der Waals surface area contributed by atoms with E-state index in [1.54, 1.807) is 4.90 Å². The number of hydrogen-bond donors (Lipinski definition) is 1. The first-order valence-corrected chi connectivity index (χ1v) is 7.33. The zero-order valence-electron chi connectivity index (χ0n) is 12.4. The molecule has 0 aromatic rings. The van der Waals surface area contributed by atoms with E-state index in [9.17, 15) is 9.59 Å². The molecule has 19 heavy (non-hydrogen) atoms. The molecule has 0 aliphatic carbocycles. The van der Waals surface area contributed by atoms with Crippen molar-refractivity contribution in [2.75, 3.05) is 32.7 Å². The molecule has 0 aromatic heterocycles. The second-order valence-electron chi connectivity index (χ2n) is 5.44. The number of amides is 2. The van der Waals surface area contributed by atoms with E-state index in [4.69, 9.17) is 0 Å². The second kappa shape index (κ2) is 8.15. The van der Waals surface area contributed by atoms with E-state index in [1.165, 1.54) is 12.8 Å². The van der Waals surface area contributed by atoms with Gasteiger partial charge in [-0.3, -0.25) is 14.5 Å². The number of piperazine rings is 1. The molecule has 1 heterocycles. The third kappa shape index (κ3) is 5.59. The summed E-state index contributed by atoms with van der Waals surface area (Å²) in [6.45, 7) is 9.20. The quantitative estimate of drug-likeness (QED) is 0.697. The van der Waals surface area contributed by atoms with Crippen molar-refractivity contribution < 1.29 is 9.59 Å². The number of nitrogens with zero attached hydrogens (tertiary/aromatic N) is 2. The number of unbranched alkanes of at least 4 members (excludes halogenated alkanes) is 2. The Hall–Kier alpha value is -1.10. The van der Waals surface area contributed by atoms with Gasteiger partial charge in [0.15, 0.2) is 0 Å². The summed E-state index contributed by atoms with van der Waals surface area (Å²) < 4.78 is 0. The molecule has 0 saturated carbocycles. The van der Waals surface area contributed by atoms with Crippen LogP contribution in [-0.2, 0) is 9.59 Å². The zero-order chi connectivity index (χ0) is 14.3. The standard InChI is InChI=1S/C14H27N3O2/c1-4-5-6-8-16(12(2)3)11-14(19)17-9-7-15-13(18)10-17/h12H,4-11H2,1-3H3,(H,15,18). The summed E-state index contributed by atoms with van der Waals surface area (Å²) >= 11 is 0. The summed E-state index contributed by atoms with van der Waals surface area (Å²) in [6, 6.07) is 0.361. The summed E-state index contributed by atoms with van der Waals surface area (Å²) in [7, 11) is 0. The van der Waals surface area contributed by atoms with Crippen molar-refractivity contribution in [1.29, 1.82) is 0 Å². The van der Waals surface area contributed by atoms with Crippen LogP contribution in [-0.4, -0.2) is 60.4 Å². The average molecular weight is 269 g/mol. The molecule has 0 spiro atoms. The lowest BCUT2D eigenvalue weighted by molar-refractivity contribution is -0.139. The molecule has 2 amide bonds. The molecule has 1 N–H and O–H groups in total. The Morgan fingerprint density at radius 1 is 1.42 bits per heavy atom. The number of hydrogen-bond acceptors (Lipinski definition) is 3. The fourth-order valence-electron chi connectivity index (χ4n) is 2.21. The molecule has 0 unspecified atom stereocenters. The maximum Gasteiger partial charge on any atom is 0.239 e. The molecule has 0 atom stereocenters. The summed E-state index contributed by atoms with van der Waals surface area (Å²) in [4.78, 5) is 27.3. The van der Waals surface area contributed by atoms with Crippen LogP contribution in [0.4, 0.5) is 0 Å². The van der Waals surface area contributed by atoms with Crippen LogP contribution in [0, 0.1) is 0 Å². The molecule has 1 fully saturated rings. The first-order chi connectivity index (χ1) is 9.04. The molecular formula is C14H27N3O2. The second-order valence-corrected chi connectivity index (χ2v) is 5.44. The van der Waals surface area contributed by atoms with Gasteiger partial charge in [-0.05, 0) is 26.8 Å². The van der Waals surface area contributed by atoms with Crippen molar-refractivity contribution in [3.05, 3.63) is 0 Å². The largest absolute Gasteiger partial charge is 0.353 e. The Kier molecular flexibility index (Phi) is 6.84. The molecule has 1 aliphatic rings. The number of rotatable bonds is 7. The molecular weight excluding hydrogens is 242 g/mol. The molecule has 5 heteroatoms. The fourth-order valence-corrected chi connectivity index (χ4v) is 2.21. The van der Waals surface area contributed by atoms with E-state index in [0.717, 1.165) is 13.0 Å². The summed E-state index contributed by atoms with van der Waals surface area (Å²) in [6.07, 6.45) is 3.51. The predicted octanol–water partition coefficient (Wildman–Crippen LogP) is 0.845. The Labute approximate surface area is 116 Å². The van der Waals surface area contributed by atoms with Crippen LogP contribution in [0.2, 0.25) is 0 Å². The third-order valence-electron chi connectivity index (χ3n) is 3.51. The molecule has 0 bridgehead atoms. The van der Waals surface area contributed by atoms with Crippen molar-refractivity contribution in [2.24, 2.45) is 0 Å². The Morgan fingerprint density at radius 3 is 2.74 bits per heavy atom. The summed E-state index contributed by atoms with van der Waals surface area (Å²) in [5.41, 5.74) is 0. The Bertz CT molecular complexity index is 305. The van der Waals surface area contributed by atoms with Crippen LogP contribution in [0.25, 0.3) is 0 Å². The molecule has 1 aliphatic heterocycles. The van der Waals surface area contributed by atoms with Gasteiger partial charge in [0.05, 0.1) is 13.1 Å². The van der Waals surface area contributed by atoms with Crippen molar-refractivity contribution >= 4 is 11.8 Å². The maximum atomic E-state index is 12.2. The van der Waals surface area contributed by atoms with Gasteiger partial charge >= 0.3 is 0 Å². The smallest absolute Gasteiger partial charge is 0.239 e. The fraction of sp³-hybridized carbons (Fsp3) is 0.857. The number of carbonyl (C=O) groups is 2. The molecule has 110 valence electrons. The topological polar surface area (TPSA) is 52.7 Å². The third-order valence-corrected chi connectivity index (χ3v) is 3.51. The van der Waals surface area contributed by atoms with Gasteiger partial charge in [0.25, 0.3) is 0 Å². The van der Waals surface area contributed by atoms with Gasteiger partial charge in [-0.25, -0.2) is 0 Å². The molecule has 1 rings (SSSR count). The van der Waals surface area contributed by atoms with Gasteiger partial charge in [-0.15, -0.1) is 0 Å². The van der Waals surface area contributed by atoms with Crippen molar-refractivity contribution in [3.8, 4) is 0 Å². The zero-order valence-corrected chi connectivity index (χ0v) is 12.4. The molecule has 0 aromatic carbocycles. The van der Waals surface area contributed by atoms with Gasteiger partial charge in [-0.2, -0.15) is 0 Å². The normalized spacial score (nSPS) is 16.1. The van der Waals surface area contributed by atoms with Crippen molar-refractivity contribution in [2.45, 2.75) is 46.1 Å². The van der Waals surface area contributed by atoms with Gasteiger partial charge in [0.1, 0.15) is 0 Å². The van der Waals surface area contributed by atoms with E-state index in [2.05, 4.69) is 31.0 Å². The van der Waals surface area contributed by atoms with E-state index in [-0.39, 0.29) is 18.4 Å². The summed E-state index contributed by atoms with van der Waals surface area (Å²) in [5.74, 6) is 0.0155. The van der Waals surface area contributed by atoms with Crippen LogP contribution < -0.4 is 5.32 Å². The lowest BCUT2D eigenvalue weighted by Gasteiger charge is -2.31. The highest BCUT2D eigenvalue weighted by atomic mass is 16.2. The van der Waals surface area contributed by atoms with Gasteiger partial charge in [0, 0.05) is 19.1 Å². The lowest BCUT2D eigenvalue weighted by Crippen LogP contribution is -2.53. The average Bonchev–Trinajstić information content (AvgIpc) is 2.37. The van der Waals surface area contributed by atoms with Gasteiger partial charge in [-0.1, -0.05) is 19.8 Å². The minimum atomic E-state index is -0.0540. The SMILES string of the molecule is CCCCCN(CC(=O)N1CCNC(=O)C1)C(C)C. The van der Waals surface area contributed by atoms with Gasteiger partial charge in [0.2, 0.25) is 11.8 Å². The minimum absolute atomic E-state index is 0.0540. The first kappa shape index (κ1) is 16.0. The molecule has 1 saturated heterocycles. The van der Waals surface area contributed by atoms with Crippen molar-refractivity contribution in [3.63, 3.8) is 0 Å². The first-order valence-electron chi connectivity index (χ1n) is 7.33. The van der Waals surface area contributed by atoms with E-state index < -0.39 is 0 Å². The van der Waals surface area contributed by atoms with Crippen LogP contribution in [0.1, 0.15) is 40.0 Å². The lowest BCUT2D eigenvalue weighted by atomic mass is 10.2. The van der Waals surface area contributed by atoms with E-state index in [1.807, 2.05) is 0 Å². The Balaban J connectivity index is 2.43. The molecule has 5 nitrogen and oxygen atoms in total. The van der Waals surface area contributed by atoms with Crippen LogP contribution in [0.5, 0.6) is 0 Å². The Morgan fingerprint density at radius 2 is 2.16 bits per heavy atom. The van der Waals surface area contributed by atoms with E-state index in [0.29, 0.717) is 25.7 Å². The van der Waals surface area contributed by atoms with Crippen molar-refractivity contribution in [1.82, 2.24) is 15.1 Å². The van der Waals surface area contributed by atoms with E-state index >= 15 is 0 Å². The number of nitrogens with one attached hydrogen (secondary N) is 1. The van der Waals surface area contributed by atoms with Gasteiger partial charge < -0.3 is 10.2 Å². The highest BCUT2D eigenvalue weighted by molar-refractivity contribution is 5.86. The predicted molar refractivity (Wildman–Crippen MR) is 75.8 cm³/mol. The van der Waals surface area contributed by atoms with Crippen LogP contribution in [0.3, 0.4) is 0 Å². The summed E-state index contributed by atoms with van der Waals surface area (Å²) in [5, 5.41) is 2.74. The highest BCUT2D eigenvalue weighted by Gasteiger charge is 2.23. The highest BCUT2D eigenvalue weighted by Crippen LogP contribution is 2.05. The van der Waals surface area contributed by atoms with Crippen LogP contribution >= 0.6 is 0 Å². The minimum Gasteiger partial charge on any atom is -0.353 e. The monoisotopic (exact) mass is 269 g/mol.